The molecule has 0 bridgehead atoms. The Morgan fingerprint density at radius 2 is 1.47 bits per heavy atom. The van der Waals surface area contributed by atoms with Gasteiger partial charge in [0.25, 0.3) is 0 Å². The number of aliphatic hydroxyl groups is 1. The fraction of sp³-hybridized carbons (Fsp3) is 0. The van der Waals surface area contributed by atoms with Crippen molar-refractivity contribution in [1.29, 1.82) is 0 Å². The third-order valence-electron chi connectivity index (χ3n) is 1.12. The molecule has 0 spiro atoms. The van der Waals surface area contributed by atoms with Crippen LogP contribution in [0.4, 0.5) is 0 Å². The maximum absolute atomic E-state index is 10.8. The number of aliphatic hydroxyl groups excluding tert-OH is 1. The largest absolute Gasteiger partial charge is 0.502 e. The van der Waals surface area contributed by atoms with Crippen LogP contribution in [-0.2, 0) is 14.4 Å². The first-order chi connectivity index (χ1) is 6.93. The lowest BCUT2D eigenvalue weighted by molar-refractivity contribution is -0.135. The van der Waals surface area contributed by atoms with E-state index in [0.717, 1.165) is 24.3 Å². The van der Waals surface area contributed by atoms with E-state index >= 15 is 0 Å². The summed E-state index contributed by atoms with van der Waals surface area (Å²) in [5.41, 5.74) is 0. The third-order valence-corrected chi connectivity index (χ3v) is 1.12. The molecule has 3 N–H and O–H groups in total. The van der Waals surface area contributed by atoms with Gasteiger partial charge in [0.15, 0.2) is 5.78 Å². The molecule has 0 aromatic rings. The lowest BCUT2D eigenvalue weighted by Gasteiger charge is -1.86. The van der Waals surface area contributed by atoms with Crippen molar-refractivity contribution in [2.24, 2.45) is 0 Å². The van der Waals surface area contributed by atoms with Crippen molar-refractivity contribution in [2.45, 2.75) is 0 Å². The summed E-state index contributed by atoms with van der Waals surface area (Å²) in [6, 6.07) is 0. The summed E-state index contributed by atoms with van der Waals surface area (Å²) in [7, 11) is 0. The van der Waals surface area contributed by atoms with Crippen molar-refractivity contribution >= 4 is 17.7 Å². The molecule has 0 saturated heterocycles. The highest BCUT2D eigenvalue weighted by Gasteiger charge is 2.00. The Labute approximate surface area is 84.5 Å². The Morgan fingerprint density at radius 1 is 0.867 bits per heavy atom. The number of carboxylic acids is 2. The number of carbonyl (C=O) groups excluding carboxylic acids is 1. The number of hydrogen-bond donors (Lipinski definition) is 3. The smallest absolute Gasteiger partial charge is 0.370 e. The van der Waals surface area contributed by atoms with Crippen molar-refractivity contribution in [3.05, 3.63) is 36.1 Å². The van der Waals surface area contributed by atoms with E-state index in [-0.39, 0.29) is 0 Å². The summed E-state index contributed by atoms with van der Waals surface area (Å²) in [4.78, 5) is 30.8. The maximum atomic E-state index is 10.8. The molecule has 0 amide bonds. The topological polar surface area (TPSA) is 112 Å². The number of rotatable bonds is 5. The van der Waals surface area contributed by atoms with Crippen molar-refractivity contribution in [2.75, 3.05) is 0 Å². The number of carbonyl (C=O) groups is 3. The van der Waals surface area contributed by atoms with Crippen LogP contribution in [0.15, 0.2) is 36.1 Å². The van der Waals surface area contributed by atoms with E-state index in [0.29, 0.717) is 6.08 Å². The third kappa shape index (κ3) is 6.76. The highest BCUT2D eigenvalue weighted by molar-refractivity contribution is 6.02. The molecule has 0 aliphatic rings. The van der Waals surface area contributed by atoms with Gasteiger partial charge in [0.1, 0.15) is 0 Å². The van der Waals surface area contributed by atoms with Gasteiger partial charge in [-0.2, -0.15) is 0 Å². The first-order valence-electron chi connectivity index (χ1n) is 3.69. The molecule has 0 rings (SSSR count). The van der Waals surface area contributed by atoms with Crippen molar-refractivity contribution < 1.29 is 29.7 Å². The molecule has 0 atom stereocenters. The molecule has 0 aliphatic carbocycles. The first kappa shape index (κ1) is 12.6. The van der Waals surface area contributed by atoms with Crippen LogP contribution < -0.4 is 0 Å². The summed E-state index contributed by atoms with van der Waals surface area (Å²) in [6.07, 6.45) is 4.16. The van der Waals surface area contributed by atoms with Crippen LogP contribution in [0.2, 0.25) is 0 Å². The quantitative estimate of drug-likeness (QED) is 0.343. The first-order valence-corrected chi connectivity index (χ1v) is 3.69. The molecule has 0 aromatic carbocycles. The van der Waals surface area contributed by atoms with Crippen molar-refractivity contribution in [3.63, 3.8) is 0 Å². The number of carboxylic acid groups (broad SMARTS) is 2. The normalized spacial score (nSPS) is 12.1. The SMILES string of the molecule is O=C(O)/C=C/C(=O)/C=C/C=C(\O)C(=O)O. The van der Waals surface area contributed by atoms with E-state index in [1.54, 1.807) is 0 Å². The Morgan fingerprint density at radius 3 is 1.93 bits per heavy atom. The molecular weight excluding hydrogens is 204 g/mol. The second kappa shape index (κ2) is 6.14. The highest BCUT2D eigenvalue weighted by atomic mass is 16.4. The van der Waals surface area contributed by atoms with Crippen LogP contribution in [-0.4, -0.2) is 33.0 Å². The Kier molecular flexibility index (Phi) is 5.17. The zero-order valence-corrected chi connectivity index (χ0v) is 7.45. The van der Waals surface area contributed by atoms with E-state index in [1.807, 2.05) is 0 Å². The monoisotopic (exact) mass is 212 g/mol. The standard InChI is InChI=1S/C9H8O6/c10-6(4-5-8(12)13)2-1-3-7(11)9(14)15/h1-5,11H,(H,12,13)(H,14,15)/b2-1+,5-4+,7-3-. The summed E-state index contributed by atoms with van der Waals surface area (Å²) in [5.74, 6) is -4.33. The zero-order chi connectivity index (χ0) is 11.8. The van der Waals surface area contributed by atoms with Crippen LogP contribution in [0.3, 0.4) is 0 Å². The van der Waals surface area contributed by atoms with E-state index in [2.05, 4.69) is 0 Å². The number of aliphatic carboxylic acids is 2. The average molecular weight is 212 g/mol. The molecule has 0 unspecified atom stereocenters. The van der Waals surface area contributed by atoms with E-state index < -0.39 is 23.5 Å². The fourth-order valence-electron chi connectivity index (χ4n) is 0.514. The predicted molar refractivity (Wildman–Crippen MR) is 49.3 cm³/mol. The maximum Gasteiger partial charge on any atom is 0.370 e. The lowest BCUT2D eigenvalue weighted by Crippen LogP contribution is -1.98. The van der Waals surface area contributed by atoms with Gasteiger partial charge in [0.2, 0.25) is 5.76 Å². The highest BCUT2D eigenvalue weighted by Crippen LogP contribution is 1.89. The molecule has 6 heteroatoms. The van der Waals surface area contributed by atoms with Crippen LogP contribution in [0.5, 0.6) is 0 Å². The number of ketones is 1. The fourth-order valence-corrected chi connectivity index (χ4v) is 0.514. The molecule has 80 valence electrons. The van der Waals surface area contributed by atoms with Crippen LogP contribution >= 0.6 is 0 Å². The van der Waals surface area contributed by atoms with E-state index in [4.69, 9.17) is 15.3 Å². The van der Waals surface area contributed by atoms with Crippen molar-refractivity contribution in [3.8, 4) is 0 Å². The van der Waals surface area contributed by atoms with Crippen molar-refractivity contribution in [1.82, 2.24) is 0 Å². The van der Waals surface area contributed by atoms with Gasteiger partial charge in [-0.1, -0.05) is 6.08 Å². The predicted octanol–water partition coefficient (Wildman–Crippen LogP) is 0.279. The number of allylic oxidation sites excluding steroid dienone is 4. The summed E-state index contributed by atoms with van der Waals surface area (Å²) >= 11 is 0. The van der Waals surface area contributed by atoms with E-state index in [9.17, 15) is 14.4 Å². The summed E-state index contributed by atoms with van der Waals surface area (Å²) in [5, 5.41) is 25.0. The van der Waals surface area contributed by atoms with Gasteiger partial charge in [0.05, 0.1) is 0 Å². The van der Waals surface area contributed by atoms with Gasteiger partial charge in [0, 0.05) is 6.08 Å². The summed E-state index contributed by atoms with van der Waals surface area (Å²) < 4.78 is 0. The molecule has 0 radical (unpaired) electrons. The minimum atomic E-state index is -1.52. The second-order valence-corrected chi connectivity index (χ2v) is 2.29. The molecule has 0 heterocycles. The van der Waals surface area contributed by atoms with Crippen LogP contribution in [0, 0.1) is 0 Å². The van der Waals surface area contributed by atoms with Crippen LogP contribution in [0.25, 0.3) is 0 Å². The Balaban J connectivity index is 4.31. The molecule has 0 saturated carbocycles. The van der Waals surface area contributed by atoms with Gasteiger partial charge in [-0.15, -0.1) is 0 Å². The minimum absolute atomic E-state index is 0.633. The second-order valence-electron chi connectivity index (χ2n) is 2.29. The average Bonchev–Trinajstić information content (AvgIpc) is 2.14. The van der Waals surface area contributed by atoms with Gasteiger partial charge in [-0.3, -0.25) is 4.79 Å². The van der Waals surface area contributed by atoms with Crippen LogP contribution in [0.1, 0.15) is 0 Å². The van der Waals surface area contributed by atoms with E-state index in [1.165, 1.54) is 0 Å². The molecule has 6 nitrogen and oxygen atoms in total. The van der Waals surface area contributed by atoms with Gasteiger partial charge < -0.3 is 15.3 Å². The molecule has 0 aromatic heterocycles. The number of hydrogen-bond acceptors (Lipinski definition) is 4. The molecule has 0 aliphatic heterocycles. The molecule has 0 fully saturated rings. The summed E-state index contributed by atoms with van der Waals surface area (Å²) in [6.45, 7) is 0. The minimum Gasteiger partial charge on any atom is -0.502 e. The molecular formula is C9H8O6. The Hall–Kier alpha value is -2.37. The van der Waals surface area contributed by atoms with Gasteiger partial charge in [-0.05, 0) is 18.2 Å². The van der Waals surface area contributed by atoms with Gasteiger partial charge >= 0.3 is 11.9 Å². The Bertz CT molecular complexity index is 361. The zero-order valence-electron chi connectivity index (χ0n) is 7.45. The molecule has 15 heavy (non-hydrogen) atoms. The lowest BCUT2D eigenvalue weighted by atomic mass is 10.3. The van der Waals surface area contributed by atoms with Gasteiger partial charge in [-0.25, -0.2) is 9.59 Å².